The van der Waals surface area contributed by atoms with Crippen LogP contribution in [0.1, 0.15) is 47.1 Å². The number of aryl methyl sites for hydroxylation is 1. The van der Waals surface area contributed by atoms with Crippen molar-refractivity contribution in [2.24, 2.45) is 0 Å². The van der Waals surface area contributed by atoms with Crippen LogP contribution < -0.4 is 5.43 Å². The van der Waals surface area contributed by atoms with Gasteiger partial charge >= 0.3 is 0 Å². The molecule has 0 saturated carbocycles. The van der Waals surface area contributed by atoms with Gasteiger partial charge in [-0.2, -0.15) is 0 Å². The average Bonchev–Trinajstić information content (AvgIpc) is 2.55. The number of nitrogens with one attached hydrogen (secondary N) is 1. The summed E-state index contributed by atoms with van der Waals surface area (Å²) in [5.74, 6) is -0.767. The molecule has 2 amide bonds. The van der Waals surface area contributed by atoms with E-state index in [4.69, 9.17) is 23.2 Å². The number of hydrogen-bond acceptors (Lipinski definition) is 2. The van der Waals surface area contributed by atoms with Crippen molar-refractivity contribution in [1.29, 1.82) is 0 Å². The molecule has 2 rings (SSSR count). The molecule has 0 radical (unpaired) electrons. The van der Waals surface area contributed by atoms with Gasteiger partial charge in [-0.3, -0.25) is 15.0 Å². The lowest BCUT2D eigenvalue weighted by molar-refractivity contribution is 0.0358. The zero-order valence-electron chi connectivity index (χ0n) is 14.9. The highest BCUT2D eigenvalue weighted by molar-refractivity contribution is 9.10. The normalized spacial score (nSPS) is 11.2. The van der Waals surface area contributed by atoms with Crippen LogP contribution in [0.4, 0.5) is 0 Å². The number of hydrazine groups is 1. The molecule has 0 spiro atoms. The summed E-state index contributed by atoms with van der Waals surface area (Å²) in [4.78, 5) is 25.7. The van der Waals surface area contributed by atoms with Crippen molar-refractivity contribution >= 4 is 50.9 Å². The summed E-state index contributed by atoms with van der Waals surface area (Å²) < 4.78 is 0.688. The summed E-state index contributed by atoms with van der Waals surface area (Å²) in [5, 5.41) is 1.93. The SMILES string of the molecule is Cc1cccc(C(=O)NN(C(=O)c2ccc(Cl)c(Cl)c2)C(C)(C)C)c1Br. The minimum Gasteiger partial charge on any atom is -0.267 e. The first-order valence-electron chi connectivity index (χ1n) is 7.88. The molecule has 0 heterocycles. The molecule has 0 saturated heterocycles. The van der Waals surface area contributed by atoms with E-state index < -0.39 is 5.54 Å². The number of carbonyl (C=O) groups is 2. The van der Waals surface area contributed by atoms with Gasteiger partial charge in [-0.15, -0.1) is 0 Å². The molecule has 26 heavy (non-hydrogen) atoms. The monoisotopic (exact) mass is 456 g/mol. The summed E-state index contributed by atoms with van der Waals surface area (Å²) in [5.41, 5.74) is 3.76. The Hall–Kier alpha value is -1.56. The molecule has 7 heteroatoms. The van der Waals surface area contributed by atoms with Gasteiger partial charge in [0.15, 0.2) is 0 Å². The Morgan fingerprint density at radius 3 is 2.31 bits per heavy atom. The van der Waals surface area contributed by atoms with E-state index in [1.54, 1.807) is 24.3 Å². The minimum absolute atomic E-state index is 0.277. The minimum atomic E-state index is -0.658. The maximum Gasteiger partial charge on any atom is 0.272 e. The molecule has 0 aliphatic carbocycles. The zero-order valence-corrected chi connectivity index (χ0v) is 18.0. The molecule has 2 aromatic carbocycles. The third-order valence-corrected chi connectivity index (χ3v) is 5.48. The van der Waals surface area contributed by atoms with Crippen LogP contribution in [0.25, 0.3) is 0 Å². The molecule has 0 atom stereocenters. The van der Waals surface area contributed by atoms with Crippen molar-refractivity contribution in [3.63, 3.8) is 0 Å². The Morgan fingerprint density at radius 1 is 1.08 bits per heavy atom. The Morgan fingerprint density at radius 2 is 1.73 bits per heavy atom. The zero-order chi connectivity index (χ0) is 19.6. The third kappa shape index (κ3) is 4.58. The van der Waals surface area contributed by atoms with Crippen molar-refractivity contribution in [2.75, 3.05) is 0 Å². The van der Waals surface area contributed by atoms with Gasteiger partial charge in [-0.05, 0) is 73.5 Å². The van der Waals surface area contributed by atoms with Crippen LogP contribution in [0, 0.1) is 6.92 Å². The van der Waals surface area contributed by atoms with E-state index >= 15 is 0 Å². The first-order chi connectivity index (χ1) is 12.0. The summed E-state index contributed by atoms with van der Waals surface area (Å²) in [7, 11) is 0. The molecular formula is C19H19BrCl2N2O2. The largest absolute Gasteiger partial charge is 0.272 e. The Balaban J connectivity index is 2.36. The molecule has 2 aromatic rings. The van der Waals surface area contributed by atoms with E-state index in [0.717, 1.165) is 5.56 Å². The summed E-state index contributed by atoms with van der Waals surface area (Å²) in [6.45, 7) is 7.37. The van der Waals surface area contributed by atoms with Crippen LogP contribution in [0.15, 0.2) is 40.9 Å². The molecular weight excluding hydrogens is 439 g/mol. The summed E-state index contributed by atoms with van der Waals surface area (Å²) in [6.07, 6.45) is 0. The molecule has 0 aromatic heterocycles. The van der Waals surface area contributed by atoms with E-state index in [0.29, 0.717) is 20.6 Å². The van der Waals surface area contributed by atoms with Gasteiger partial charge in [-0.25, -0.2) is 5.01 Å². The highest BCUT2D eigenvalue weighted by Crippen LogP contribution is 2.25. The predicted molar refractivity (Wildman–Crippen MR) is 109 cm³/mol. The van der Waals surface area contributed by atoms with E-state index in [9.17, 15) is 9.59 Å². The van der Waals surface area contributed by atoms with Crippen molar-refractivity contribution < 1.29 is 9.59 Å². The van der Waals surface area contributed by atoms with Gasteiger partial charge in [0.1, 0.15) is 0 Å². The lowest BCUT2D eigenvalue weighted by Crippen LogP contribution is -2.55. The predicted octanol–water partition coefficient (Wildman–Crippen LogP) is 5.65. The maximum atomic E-state index is 13.0. The van der Waals surface area contributed by atoms with Crippen molar-refractivity contribution in [3.05, 3.63) is 67.6 Å². The van der Waals surface area contributed by atoms with Crippen LogP contribution in [0.3, 0.4) is 0 Å². The Bertz CT molecular complexity index is 863. The fourth-order valence-corrected chi connectivity index (χ4v) is 3.01. The van der Waals surface area contributed by atoms with Gasteiger partial charge in [0.25, 0.3) is 11.8 Å². The average molecular weight is 458 g/mol. The van der Waals surface area contributed by atoms with E-state index in [2.05, 4.69) is 21.4 Å². The van der Waals surface area contributed by atoms with E-state index in [-0.39, 0.29) is 16.8 Å². The molecule has 0 aliphatic rings. The summed E-state index contributed by atoms with van der Waals surface area (Å²) in [6, 6.07) is 9.98. The second-order valence-electron chi connectivity index (χ2n) is 6.82. The number of hydrogen-bond donors (Lipinski definition) is 1. The highest BCUT2D eigenvalue weighted by Gasteiger charge is 2.30. The van der Waals surface area contributed by atoms with Gasteiger partial charge in [0.2, 0.25) is 0 Å². The fraction of sp³-hybridized carbons (Fsp3) is 0.263. The van der Waals surface area contributed by atoms with E-state index in [1.807, 2.05) is 33.8 Å². The summed E-state index contributed by atoms with van der Waals surface area (Å²) >= 11 is 15.4. The van der Waals surface area contributed by atoms with Crippen LogP contribution in [-0.4, -0.2) is 22.4 Å². The van der Waals surface area contributed by atoms with Gasteiger partial charge in [0.05, 0.1) is 21.1 Å². The van der Waals surface area contributed by atoms with Crippen LogP contribution in [-0.2, 0) is 0 Å². The molecule has 1 N–H and O–H groups in total. The number of amides is 2. The number of rotatable bonds is 2. The van der Waals surface area contributed by atoms with Crippen LogP contribution in [0.5, 0.6) is 0 Å². The fourth-order valence-electron chi connectivity index (χ4n) is 2.27. The molecule has 138 valence electrons. The number of nitrogens with zero attached hydrogens (tertiary/aromatic N) is 1. The second kappa shape index (κ2) is 7.99. The lowest BCUT2D eigenvalue weighted by Gasteiger charge is -2.35. The molecule has 0 fully saturated rings. The van der Waals surface area contributed by atoms with Crippen molar-refractivity contribution in [1.82, 2.24) is 10.4 Å². The van der Waals surface area contributed by atoms with Crippen molar-refractivity contribution in [3.8, 4) is 0 Å². The van der Waals surface area contributed by atoms with Crippen molar-refractivity contribution in [2.45, 2.75) is 33.2 Å². The standard InChI is InChI=1S/C19H19BrCl2N2O2/c1-11-6-5-7-13(16(11)20)17(25)23-24(19(2,3)4)18(26)12-8-9-14(21)15(22)10-12/h5-10H,1-4H3,(H,23,25). The Kier molecular flexibility index (Phi) is 6.37. The lowest BCUT2D eigenvalue weighted by atomic mass is 10.1. The number of carbonyl (C=O) groups excluding carboxylic acids is 2. The van der Waals surface area contributed by atoms with E-state index in [1.165, 1.54) is 11.1 Å². The van der Waals surface area contributed by atoms with Gasteiger partial charge in [0, 0.05) is 10.0 Å². The van der Waals surface area contributed by atoms with Gasteiger partial charge in [-0.1, -0.05) is 35.3 Å². The Labute approximate surface area is 171 Å². The quantitative estimate of drug-likeness (QED) is 0.592. The van der Waals surface area contributed by atoms with Gasteiger partial charge < -0.3 is 0 Å². The first-order valence-corrected chi connectivity index (χ1v) is 9.43. The first kappa shape index (κ1) is 20.7. The molecule has 0 bridgehead atoms. The number of benzene rings is 2. The molecule has 0 unspecified atom stereocenters. The van der Waals surface area contributed by atoms with Crippen LogP contribution in [0.2, 0.25) is 10.0 Å². The second-order valence-corrected chi connectivity index (χ2v) is 8.43. The van der Waals surface area contributed by atoms with Crippen LogP contribution >= 0.6 is 39.1 Å². The molecule has 4 nitrogen and oxygen atoms in total. The smallest absolute Gasteiger partial charge is 0.267 e. The molecule has 0 aliphatic heterocycles. The topological polar surface area (TPSA) is 49.4 Å². The maximum absolute atomic E-state index is 13.0. The third-order valence-electron chi connectivity index (χ3n) is 3.69. The number of halogens is 3. The highest BCUT2D eigenvalue weighted by atomic mass is 79.9.